The molecule has 0 saturated carbocycles. The van der Waals surface area contributed by atoms with Gasteiger partial charge in [-0.3, -0.25) is 24.5 Å². The van der Waals surface area contributed by atoms with Gasteiger partial charge < -0.3 is 25.8 Å². The second kappa shape index (κ2) is 10.1. The number of carbonyl (C=O) groups excluding carboxylic acids is 4. The molecular weight excluding hydrogens is 424 g/mol. The largest absolute Gasteiger partial charge is 0.360 e. The summed E-state index contributed by atoms with van der Waals surface area (Å²) in [5.74, 6) is -0.816. The van der Waals surface area contributed by atoms with Gasteiger partial charge in [0.1, 0.15) is 23.5 Å². The first-order valence-electron chi connectivity index (χ1n) is 9.36. The topological polar surface area (TPSA) is 154 Å². The highest BCUT2D eigenvalue weighted by Gasteiger charge is 2.38. The molecule has 0 aliphatic carbocycles. The molecule has 1 aromatic carbocycles. The molecule has 2 heterocycles. The Balaban J connectivity index is 1.59. The highest BCUT2D eigenvalue weighted by Crippen LogP contribution is 2.14. The number of benzene rings is 1. The van der Waals surface area contributed by atoms with Crippen molar-refractivity contribution >= 4 is 41.2 Å². The molecule has 5 N–H and O–H groups in total. The van der Waals surface area contributed by atoms with E-state index < -0.39 is 29.5 Å². The molecule has 0 radical (unpaired) electrons. The van der Waals surface area contributed by atoms with Crippen LogP contribution >= 0.6 is 11.8 Å². The molecule has 1 aromatic heterocycles. The molecular formula is C19H22N6O5S. The van der Waals surface area contributed by atoms with Crippen LogP contribution in [0, 0.1) is 6.92 Å². The summed E-state index contributed by atoms with van der Waals surface area (Å²) < 4.78 is 4.88. The van der Waals surface area contributed by atoms with Crippen LogP contribution in [0.5, 0.6) is 0 Å². The molecule has 0 spiro atoms. The third-order valence-electron chi connectivity index (χ3n) is 4.18. The average molecular weight is 446 g/mol. The average Bonchev–Trinajstić information content (AvgIpc) is 3.13. The number of hydrogen-bond acceptors (Lipinski definition) is 8. The lowest BCUT2D eigenvalue weighted by molar-refractivity contribution is -0.127. The van der Waals surface area contributed by atoms with Crippen molar-refractivity contribution in [1.82, 2.24) is 26.4 Å². The van der Waals surface area contributed by atoms with Gasteiger partial charge >= 0.3 is 0 Å². The summed E-state index contributed by atoms with van der Waals surface area (Å²) in [7, 11) is 0. The van der Waals surface area contributed by atoms with E-state index >= 15 is 0 Å². The summed E-state index contributed by atoms with van der Waals surface area (Å²) in [6.45, 7) is 3.01. The zero-order chi connectivity index (χ0) is 22.4. The van der Waals surface area contributed by atoms with Crippen LogP contribution in [0.15, 0.2) is 40.9 Å². The lowest BCUT2D eigenvalue weighted by atomic mass is 10.1. The van der Waals surface area contributed by atoms with Crippen molar-refractivity contribution in [3.63, 3.8) is 0 Å². The van der Waals surface area contributed by atoms with Crippen LogP contribution in [-0.4, -0.2) is 52.2 Å². The zero-order valence-electron chi connectivity index (χ0n) is 16.8. The van der Waals surface area contributed by atoms with Crippen LogP contribution in [0.1, 0.15) is 23.0 Å². The van der Waals surface area contributed by atoms with E-state index in [0.29, 0.717) is 17.1 Å². The Hall–Kier alpha value is -3.38. The number of aryl methyl sites for hydroxylation is 1. The van der Waals surface area contributed by atoms with Gasteiger partial charge in [0, 0.05) is 18.6 Å². The first-order valence-corrected chi connectivity index (χ1v) is 10.4. The molecule has 0 bridgehead atoms. The van der Waals surface area contributed by atoms with Gasteiger partial charge in [-0.2, -0.15) is 0 Å². The Labute approximate surface area is 182 Å². The van der Waals surface area contributed by atoms with E-state index in [1.165, 1.54) is 6.92 Å². The maximum atomic E-state index is 12.6. The van der Waals surface area contributed by atoms with Crippen molar-refractivity contribution in [3.05, 3.63) is 47.7 Å². The van der Waals surface area contributed by atoms with Crippen molar-refractivity contribution in [3.8, 4) is 0 Å². The molecule has 2 aromatic rings. The van der Waals surface area contributed by atoms with E-state index in [1.54, 1.807) is 43.3 Å². The summed E-state index contributed by atoms with van der Waals surface area (Å²) in [6, 6.07) is 8.95. The van der Waals surface area contributed by atoms with Gasteiger partial charge in [-0.05, 0) is 19.1 Å². The van der Waals surface area contributed by atoms with E-state index in [-0.39, 0.29) is 17.6 Å². The summed E-state index contributed by atoms with van der Waals surface area (Å²) in [5, 5.41) is 17.2. The minimum atomic E-state index is -1.04. The molecule has 12 heteroatoms. The molecule has 1 aliphatic heterocycles. The Bertz CT molecular complexity index is 966. The van der Waals surface area contributed by atoms with E-state index in [0.717, 1.165) is 11.8 Å². The Morgan fingerprint density at radius 2 is 1.94 bits per heavy atom. The number of anilines is 1. The van der Waals surface area contributed by atoms with Crippen molar-refractivity contribution in [2.24, 2.45) is 0 Å². The smallest absolute Gasteiger partial charge is 0.252 e. The minimum absolute atomic E-state index is 0.00229. The van der Waals surface area contributed by atoms with Crippen molar-refractivity contribution in [2.45, 2.75) is 31.6 Å². The lowest BCUT2D eigenvalue weighted by Gasteiger charge is -2.37. The molecule has 4 amide bonds. The van der Waals surface area contributed by atoms with Crippen molar-refractivity contribution in [1.29, 1.82) is 0 Å². The standard InChI is InChI=1S/C19H22N6O5S/c1-10-8-13(25-30-10)21-14(27)9-31-19-23-16(20-11(2)26)15(18(29)24-19)22-17(28)12-6-4-3-5-7-12/h3-8,15-16,19,23H,9H2,1-2H3,(H,20,26)(H,22,28)(H,24,29)(H,21,25,27). The predicted molar refractivity (Wildman–Crippen MR) is 113 cm³/mol. The maximum absolute atomic E-state index is 12.6. The third kappa shape index (κ3) is 6.30. The molecule has 31 heavy (non-hydrogen) atoms. The van der Waals surface area contributed by atoms with Gasteiger partial charge in [0.05, 0.1) is 5.75 Å². The summed E-state index contributed by atoms with van der Waals surface area (Å²) >= 11 is 1.11. The molecule has 3 unspecified atom stereocenters. The van der Waals surface area contributed by atoms with Crippen LogP contribution < -0.4 is 26.6 Å². The number of aromatic nitrogens is 1. The van der Waals surface area contributed by atoms with Gasteiger partial charge in [-0.1, -0.05) is 23.4 Å². The fraction of sp³-hybridized carbons (Fsp3) is 0.316. The quantitative estimate of drug-likeness (QED) is 0.396. The second-order valence-corrected chi connectivity index (χ2v) is 7.83. The number of thioether (sulfide) groups is 1. The number of carbonyl (C=O) groups is 4. The normalized spacial score (nSPS) is 20.5. The maximum Gasteiger partial charge on any atom is 0.252 e. The number of rotatable bonds is 7. The van der Waals surface area contributed by atoms with Crippen molar-refractivity contribution < 1.29 is 23.7 Å². The zero-order valence-corrected chi connectivity index (χ0v) is 17.6. The van der Waals surface area contributed by atoms with E-state index in [2.05, 4.69) is 31.7 Å². The third-order valence-corrected chi connectivity index (χ3v) is 5.19. The van der Waals surface area contributed by atoms with E-state index in [9.17, 15) is 19.2 Å². The van der Waals surface area contributed by atoms with Gasteiger partial charge in [0.15, 0.2) is 5.82 Å². The summed E-state index contributed by atoms with van der Waals surface area (Å²) in [4.78, 5) is 48.8. The van der Waals surface area contributed by atoms with Crippen LogP contribution in [0.4, 0.5) is 5.82 Å². The molecule has 1 saturated heterocycles. The molecule has 1 fully saturated rings. The first kappa shape index (κ1) is 22.3. The predicted octanol–water partition coefficient (Wildman–Crippen LogP) is -0.0815. The first-order chi connectivity index (χ1) is 14.8. The van der Waals surface area contributed by atoms with Gasteiger partial charge in [-0.15, -0.1) is 11.8 Å². The number of amides is 4. The van der Waals surface area contributed by atoms with Crippen molar-refractivity contribution in [2.75, 3.05) is 11.1 Å². The van der Waals surface area contributed by atoms with Gasteiger partial charge in [0.2, 0.25) is 17.7 Å². The van der Waals surface area contributed by atoms with Gasteiger partial charge in [-0.25, -0.2) is 0 Å². The fourth-order valence-corrected chi connectivity index (χ4v) is 3.66. The SMILES string of the molecule is CC(=O)NC1NC(SCC(=O)Nc2cc(C)on2)NC(=O)C1NC(=O)c1ccccc1. The highest BCUT2D eigenvalue weighted by molar-refractivity contribution is 8.00. The molecule has 1 aliphatic rings. The minimum Gasteiger partial charge on any atom is -0.360 e. The summed E-state index contributed by atoms with van der Waals surface area (Å²) in [6.07, 6.45) is -0.863. The lowest BCUT2D eigenvalue weighted by Crippen LogP contribution is -2.72. The van der Waals surface area contributed by atoms with Gasteiger partial charge in [0.25, 0.3) is 5.91 Å². The van der Waals surface area contributed by atoms with Crippen LogP contribution in [-0.2, 0) is 14.4 Å². The number of hydrogen-bond donors (Lipinski definition) is 5. The number of nitrogens with zero attached hydrogens (tertiary/aromatic N) is 1. The molecule has 3 atom stereocenters. The Morgan fingerprint density at radius 1 is 1.19 bits per heavy atom. The van der Waals surface area contributed by atoms with E-state index in [4.69, 9.17) is 4.52 Å². The fourth-order valence-electron chi connectivity index (χ4n) is 2.83. The molecule has 11 nitrogen and oxygen atoms in total. The highest BCUT2D eigenvalue weighted by atomic mass is 32.2. The van der Waals surface area contributed by atoms with Crippen LogP contribution in [0.2, 0.25) is 0 Å². The monoisotopic (exact) mass is 446 g/mol. The Morgan fingerprint density at radius 3 is 2.58 bits per heavy atom. The van der Waals surface area contributed by atoms with Crippen LogP contribution in [0.3, 0.4) is 0 Å². The molecule has 164 valence electrons. The van der Waals surface area contributed by atoms with E-state index in [1.807, 2.05) is 0 Å². The Kier molecular flexibility index (Phi) is 7.26. The second-order valence-electron chi connectivity index (χ2n) is 6.73. The number of nitrogens with one attached hydrogen (secondary N) is 5. The van der Waals surface area contributed by atoms with Crippen LogP contribution in [0.25, 0.3) is 0 Å². The molecule has 3 rings (SSSR count). The summed E-state index contributed by atoms with van der Waals surface area (Å²) in [5.41, 5.74) is -0.285.